The van der Waals surface area contributed by atoms with E-state index in [1.807, 2.05) is 25.1 Å². The van der Waals surface area contributed by atoms with Gasteiger partial charge in [0.05, 0.1) is 12.3 Å². The normalized spacial score (nSPS) is 9.75. The Bertz CT molecular complexity index is 413. The standard InChI is InChI=1S/C14H22N2O3.ClH/c1-11-5-6-12(16-14(17)4-3-7-15)13(10-11)19-9-8-18-2;/h5-6,10H,3-4,7-9,15H2,1-2H3,(H,16,17);1H. The van der Waals surface area contributed by atoms with Gasteiger partial charge in [0.2, 0.25) is 5.91 Å². The Hall–Kier alpha value is -1.30. The molecule has 0 fully saturated rings. The molecule has 0 aromatic heterocycles. The number of nitrogens with two attached hydrogens (primary N) is 1. The highest BCUT2D eigenvalue weighted by Crippen LogP contribution is 2.25. The van der Waals surface area contributed by atoms with Crippen molar-refractivity contribution in [3.05, 3.63) is 23.8 Å². The number of methoxy groups -OCH3 is 1. The maximum atomic E-state index is 11.7. The van der Waals surface area contributed by atoms with E-state index in [9.17, 15) is 4.79 Å². The number of nitrogens with one attached hydrogen (secondary N) is 1. The average molecular weight is 303 g/mol. The van der Waals surface area contributed by atoms with E-state index in [1.54, 1.807) is 7.11 Å². The van der Waals surface area contributed by atoms with Crippen molar-refractivity contribution in [2.75, 3.05) is 32.2 Å². The number of halogens is 1. The fraction of sp³-hybridized carbons (Fsp3) is 0.500. The zero-order chi connectivity index (χ0) is 14.1. The Morgan fingerprint density at radius 1 is 1.35 bits per heavy atom. The fourth-order valence-electron chi connectivity index (χ4n) is 1.56. The SMILES string of the molecule is COCCOc1cc(C)ccc1NC(=O)CCCN.Cl. The van der Waals surface area contributed by atoms with Crippen molar-refractivity contribution in [1.82, 2.24) is 0 Å². The molecule has 0 spiro atoms. The molecule has 0 heterocycles. The predicted molar refractivity (Wildman–Crippen MR) is 82.7 cm³/mol. The summed E-state index contributed by atoms with van der Waals surface area (Å²) in [6.07, 6.45) is 1.10. The van der Waals surface area contributed by atoms with Gasteiger partial charge in [0, 0.05) is 13.5 Å². The molecule has 6 heteroatoms. The minimum atomic E-state index is -0.0501. The van der Waals surface area contributed by atoms with Gasteiger partial charge in [-0.2, -0.15) is 0 Å². The molecule has 0 atom stereocenters. The van der Waals surface area contributed by atoms with Crippen molar-refractivity contribution in [2.45, 2.75) is 19.8 Å². The number of carbonyl (C=O) groups excluding carboxylic acids is 1. The molecule has 0 saturated heterocycles. The average Bonchev–Trinajstić information content (AvgIpc) is 2.39. The molecule has 0 unspecified atom stereocenters. The third kappa shape index (κ3) is 6.75. The van der Waals surface area contributed by atoms with Crippen LogP contribution < -0.4 is 15.8 Å². The second-order valence-corrected chi connectivity index (χ2v) is 4.28. The van der Waals surface area contributed by atoms with E-state index < -0.39 is 0 Å². The number of anilines is 1. The zero-order valence-corrected chi connectivity index (χ0v) is 12.8. The van der Waals surface area contributed by atoms with Crippen molar-refractivity contribution < 1.29 is 14.3 Å². The first-order valence-corrected chi connectivity index (χ1v) is 6.39. The molecule has 5 nitrogen and oxygen atoms in total. The molecule has 114 valence electrons. The highest BCUT2D eigenvalue weighted by Gasteiger charge is 2.08. The number of rotatable bonds is 8. The lowest BCUT2D eigenvalue weighted by molar-refractivity contribution is -0.116. The summed E-state index contributed by atoms with van der Waals surface area (Å²) in [6.45, 7) is 3.45. The van der Waals surface area contributed by atoms with Crippen LogP contribution >= 0.6 is 12.4 Å². The fourth-order valence-corrected chi connectivity index (χ4v) is 1.56. The van der Waals surface area contributed by atoms with Crippen LogP contribution in [0.1, 0.15) is 18.4 Å². The van der Waals surface area contributed by atoms with E-state index in [0.29, 0.717) is 44.0 Å². The molecule has 0 radical (unpaired) electrons. The smallest absolute Gasteiger partial charge is 0.224 e. The maximum Gasteiger partial charge on any atom is 0.224 e. The molecular formula is C14H23ClN2O3. The molecule has 0 aliphatic carbocycles. The molecule has 1 aromatic carbocycles. The van der Waals surface area contributed by atoms with E-state index in [0.717, 1.165) is 5.56 Å². The molecule has 0 aliphatic heterocycles. The van der Waals surface area contributed by atoms with Crippen LogP contribution in [0.3, 0.4) is 0 Å². The highest BCUT2D eigenvalue weighted by atomic mass is 35.5. The lowest BCUT2D eigenvalue weighted by Gasteiger charge is -2.13. The second-order valence-electron chi connectivity index (χ2n) is 4.28. The maximum absolute atomic E-state index is 11.7. The first-order chi connectivity index (χ1) is 9.17. The number of hydrogen-bond acceptors (Lipinski definition) is 4. The number of benzene rings is 1. The van der Waals surface area contributed by atoms with Crippen LogP contribution in [0.4, 0.5) is 5.69 Å². The number of carbonyl (C=O) groups is 1. The minimum absolute atomic E-state index is 0. The van der Waals surface area contributed by atoms with Gasteiger partial charge in [0.15, 0.2) is 0 Å². The summed E-state index contributed by atoms with van der Waals surface area (Å²) in [5.74, 6) is 0.615. The summed E-state index contributed by atoms with van der Waals surface area (Å²) in [5, 5.41) is 2.84. The van der Waals surface area contributed by atoms with Crippen LogP contribution in [0.15, 0.2) is 18.2 Å². The van der Waals surface area contributed by atoms with Gasteiger partial charge in [-0.1, -0.05) is 6.07 Å². The van der Waals surface area contributed by atoms with Gasteiger partial charge in [0.1, 0.15) is 12.4 Å². The molecule has 1 aromatic rings. The molecule has 0 bridgehead atoms. The van der Waals surface area contributed by atoms with Crippen LogP contribution in [-0.2, 0) is 9.53 Å². The van der Waals surface area contributed by atoms with E-state index in [-0.39, 0.29) is 18.3 Å². The molecule has 20 heavy (non-hydrogen) atoms. The molecule has 0 saturated carbocycles. The summed E-state index contributed by atoms with van der Waals surface area (Å²) < 4.78 is 10.5. The molecule has 1 rings (SSSR count). The summed E-state index contributed by atoms with van der Waals surface area (Å²) >= 11 is 0. The van der Waals surface area contributed by atoms with Gasteiger partial charge in [-0.05, 0) is 37.6 Å². The Labute approximate surface area is 126 Å². The van der Waals surface area contributed by atoms with Crippen molar-refractivity contribution in [2.24, 2.45) is 5.73 Å². The first-order valence-electron chi connectivity index (χ1n) is 6.39. The van der Waals surface area contributed by atoms with Crippen molar-refractivity contribution in [1.29, 1.82) is 0 Å². The van der Waals surface area contributed by atoms with Gasteiger partial charge >= 0.3 is 0 Å². The summed E-state index contributed by atoms with van der Waals surface area (Å²) in [6, 6.07) is 5.67. The van der Waals surface area contributed by atoms with Gasteiger partial charge in [-0.15, -0.1) is 12.4 Å². The van der Waals surface area contributed by atoms with Gasteiger partial charge in [-0.25, -0.2) is 0 Å². The lowest BCUT2D eigenvalue weighted by Crippen LogP contribution is -2.15. The van der Waals surface area contributed by atoms with Gasteiger partial charge in [-0.3, -0.25) is 4.79 Å². The van der Waals surface area contributed by atoms with Crippen molar-refractivity contribution in [3.63, 3.8) is 0 Å². The van der Waals surface area contributed by atoms with Crippen LogP contribution in [0.25, 0.3) is 0 Å². The molecule has 1 amide bonds. The largest absolute Gasteiger partial charge is 0.489 e. The predicted octanol–water partition coefficient (Wildman–Crippen LogP) is 2.12. The van der Waals surface area contributed by atoms with Crippen molar-refractivity contribution in [3.8, 4) is 5.75 Å². The highest BCUT2D eigenvalue weighted by molar-refractivity contribution is 5.92. The Morgan fingerprint density at radius 2 is 2.10 bits per heavy atom. The number of hydrogen-bond donors (Lipinski definition) is 2. The molecule has 3 N–H and O–H groups in total. The quantitative estimate of drug-likeness (QED) is 0.721. The van der Waals surface area contributed by atoms with Crippen LogP contribution in [0.2, 0.25) is 0 Å². The van der Waals surface area contributed by atoms with E-state index in [4.69, 9.17) is 15.2 Å². The van der Waals surface area contributed by atoms with Crippen LogP contribution in [-0.4, -0.2) is 32.8 Å². The van der Waals surface area contributed by atoms with Crippen LogP contribution in [0, 0.1) is 6.92 Å². The molecular weight excluding hydrogens is 280 g/mol. The van der Waals surface area contributed by atoms with Gasteiger partial charge in [0.25, 0.3) is 0 Å². The van der Waals surface area contributed by atoms with E-state index in [1.165, 1.54) is 0 Å². The topological polar surface area (TPSA) is 73.6 Å². The summed E-state index contributed by atoms with van der Waals surface area (Å²) in [7, 11) is 1.62. The Balaban J connectivity index is 0.00000361. The third-order valence-corrected chi connectivity index (χ3v) is 2.56. The third-order valence-electron chi connectivity index (χ3n) is 2.56. The number of amides is 1. The van der Waals surface area contributed by atoms with Crippen LogP contribution in [0.5, 0.6) is 5.75 Å². The minimum Gasteiger partial charge on any atom is -0.489 e. The second kappa shape index (κ2) is 10.5. The zero-order valence-electron chi connectivity index (χ0n) is 12.0. The van der Waals surface area contributed by atoms with E-state index >= 15 is 0 Å². The number of aryl methyl sites for hydroxylation is 1. The van der Waals surface area contributed by atoms with Crippen molar-refractivity contribution >= 4 is 24.0 Å². The summed E-state index contributed by atoms with van der Waals surface area (Å²) in [5.41, 5.74) is 7.14. The monoisotopic (exact) mass is 302 g/mol. The Morgan fingerprint density at radius 3 is 2.75 bits per heavy atom. The lowest BCUT2D eigenvalue weighted by atomic mass is 10.2. The molecule has 0 aliphatic rings. The summed E-state index contributed by atoms with van der Waals surface area (Å²) in [4.78, 5) is 11.7. The Kier molecular flexibility index (Phi) is 9.80. The van der Waals surface area contributed by atoms with E-state index in [2.05, 4.69) is 5.32 Å². The number of ether oxygens (including phenoxy) is 2. The first kappa shape index (κ1) is 18.7. The van der Waals surface area contributed by atoms with Gasteiger partial charge < -0.3 is 20.5 Å².